The molecule has 0 aliphatic carbocycles. The standard InChI is InChI=1S/C15H18F3N5O3/c1-23-11(5-9(22-23)7-25-8-15(16,17)18)14(24)19-13-6-10(20-21-13)12-3-2-4-26-12/h5-6,12H,2-4,7-8H2,1H3,(H2,19,20,21,24)/t12-/m1/s1. The van der Waals surface area contributed by atoms with Crippen molar-refractivity contribution in [2.45, 2.75) is 31.7 Å². The average Bonchev–Trinajstić information content (AvgIpc) is 3.26. The average molecular weight is 373 g/mol. The van der Waals surface area contributed by atoms with Crippen LogP contribution in [0.3, 0.4) is 0 Å². The second-order valence-electron chi connectivity index (χ2n) is 5.92. The highest BCUT2D eigenvalue weighted by Gasteiger charge is 2.27. The Morgan fingerprint density at radius 2 is 2.31 bits per heavy atom. The Bertz CT molecular complexity index is 765. The Kier molecular flexibility index (Phi) is 5.28. The number of hydrogen-bond acceptors (Lipinski definition) is 5. The van der Waals surface area contributed by atoms with Crippen LogP contribution in [0.25, 0.3) is 0 Å². The number of aromatic nitrogens is 4. The molecule has 0 spiro atoms. The predicted molar refractivity (Wildman–Crippen MR) is 83.4 cm³/mol. The van der Waals surface area contributed by atoms with Crippen molar-refractivity contribution in [1.82, 2.24) is 20.0 Å². The number of anilines is 1. The summed E-state index contributed by atoms with van der Waals surface area (Å²) in [5.74, 6) is -0.149. The molecule has 2 aromatic rings. The van der Waals surface area contributed by atoms with Gasteiger partial charge in [0.2, 0.25) is 0 Å². The number of halogens is 3. The van der Waals surface area contributed by atoms with Crippen molar-refractivity contribution < 1.29 is 27.4 Å². The van der Waals surface area contributed by atoms with Gasteiger partial charge in [-0.25, -0.2) is 0 Å². The zero-order valence-electron chi connectivity index (χ0n) is 14.0. The Morgan fingerprint density at radius 3 is 3.00 bits per heavy atom. The van der Waals surface area contributed by atoms with Crippen LogP contribution in [0.1, 0.15) is 40.8 Å². The highest BCUT2D eigenvalue weighted by Crippen LogP contribution is 2.28. The maximum atomic E-state index is 12.3. The van der Waals surface area contributed by atoms with Crippen molar-refractivity contribution in [1.29, 1.82) is 0 Å². The number of aromatic amines is 1. The van der Waals surface area contributed by atoms with Gasteiger partial charge in [0.15, 0.2) is 5.82 Å². The normalized spacial score (nSPS) is 17.6. The van der Waals surface area contributed by atoms with Gasteiger partial charge >= 0.3 is 6.18 Å². The van der Waals surface area contributed by atoms with Gasteiger partial charge in [-0.1, -0.05) is 0 Å². The number of nitrogens with zero attached hydrogens (tertiary/aromatic N) is 3. The van der Waals surface area contributed by atoms with Crippen molar-refractivity contribution >= 4 is 11.7 Å². The molecule has 8 nitrogen and oxygen atoms in total. The number of aryl methyl sites for hydroxylation is 1. The Hall–Kier alpha value is -2.40. The molecule has 0 saturated carbocycles. The van der Waals surface area contributed by atoms with E-state index in [1.54, 1.807) is 6.07 Å². The Labute approximate surface area is 146 Å². The maximum Gasteiger partial charge on any atom is 0.411 e. The number of rotatable bonds is 6. The van der Waals surface area contributed by atoms with Crippen LogP contribution in [0.15, 0.2) is 12.1 Å². The SMILES string of the molecule is Cn1nc(COCC(F)(F)F)cc1C(=O)Nc1cc([C@H]2CCCO2)[nH]n1. The number of hydrogen-bond donors (Lipinski definition) is 2. The van der Waals surface area contributed by atoms with E-state index in [2.05, 4.69) is 25.3 Å². The van der Waals surface area contributed by atoms with Gasteiger partial charge in [0.05, 0.1) is 24.1 Å². The minimum absolute atomic E-state index is 0.0535. The molecule has 1 atom stereocenters. The summed E-state index contributed by atoms with van der Waals surface area (Å²) in [6, 6.07) is 3.07. The zero-order valence-corrected chi connectivity index (χ0v) is 14.0. The number of H-pyrrole nitrogens is 1. The number of nitrogens with one attached hydrogen (secondary N) is 2. The van der Waals surface area contributed by atoms with Crippen LogP contribution in [0.4, 0.5) is 19.0 Å². The van der Waals surface area contributed by atoms with Gasteiger partial charge in [0, 0.05) is 19.7 Å². The molecule has 142 valence electrons. The molecule has 1 aliphatic rings. The van der Waals surface area contributed by atoms with Crippen LogP contribution in [0.2, 0.25) is 0 Å². The third-order valence-electron chi connectivity index (χ3n) is 3.79. The molecule has 0 aromatic carbocycles. The maximum absolute atomic E-state index is 12.3. The van der Waals surface area contributed by atoms with E-state index in [0.717, 1.165) is 18.5 Å². The molecule has 11 heteroatoms. The largest absolute Gasteiger partial charge is 0.411 e. The summed E-state index contributed by atoms with van der Waals surface area (Å²) in [5.41, 5.74) is 1.19. The van der Waals surface area contributed by atoms with Crippen LogP contribution in [0, 0.1) is 0 Å². The first kappa shape index (κ1) is 18.4. The molecule has 1 fully saturated rings. The summed E-state index contributed by atoms with van der Waals surface area (Å²) in [5, 5.41) is 13.4. The second-order valence-corrected chi connectivity index (χ2v) is 5.92. The van der Waals surface area contributed by atoms with E-state index in [0.29, 0.717) is 12.4 Å². The van der Waals surface area contributed by atoms with Crippen molar-refractivity contribution in [3.05, 3.63) is 29.2 Å². The first-order chi connectivity index (χ1) is 12.3. The Morgan fingerprint density at radius 1 is 1.50 bits per heavy atom. The van der Waals surface area contributed by atoms with Crippen molar-refractivity contribution in [2.75, 3.05) is 18.5 Å². The van der Waals surface area contributed by atoms with Gasteiger partial charge < -0.3 is 14.8 Å². The molecule has 1 aliphatic heterocycles. The van der Waals surface area contributed by atoms with Gasteiger partial charge in [-0.05, 0) is 18.9 Å². The van der Waals surface area contributed by atoms with Gasteiger partial charge in [-0.3, -0.25) is 14.6 Å². The molecule has 0 bridgehead atoms. The van der Waals surface area contributed by atoms with E-state index in [9.17, 15) is 18.0 Å². The highest BCUT2D eigenvalue weighted by atomic mass is 19.4. The van der Waals surface area contributed by atoms with Gasteiger partial charge in [-0.15, -0.1) is 0 Å². The van der Waals surface area contributed by atoms with Crippen molar-refractivity contribution in [3.8, 4) is 0 Å². The van der Waals surface area contributed by atoms with E-state index in [1.807, 2.05) is 0 Å². The first-order valence-electron chi connectivity index (χ1n) is 7.97. The van der Waals surface area contributed by atoms with E-state index in [1.165, 1.54) is 17.8 Å². The molecule has 0 unspecified atom stereocenters. The highest BCUT2D eigenvalue weighted by molar-refractivity contribution is 6.02. The number of amides is 1. The lowest BCUT2D eigenvalue weighted by Crippen LogP contribution is -2.16. The van der Waals surface area contributed by atoms with Crippen LogP contribution in [0.5, 0.6) is 0 Å². The van der Waals surface area contributed by atoms with Gasteiger partial charge in [0.1, 0.15) is 12.3 Å². The fraction of sp³-hybridized carbons (Fsp3) is 0.533. The van der Waals surface area contributed by atoms with Crippen LogP contribution >= 0.6 is 0 Å². The quantitative estimate of drug-likeness (QED) is 0.811. The molecule has 2 aromatic heterocycles. The molecule has 2 N–H and O–H groups in total. The number of carbonyl (C=O) groups is 1. The fourth-order valence-corrected chi connectivity index (χ4v) is 2.65. The molecule has 26 heavy (non-hydrogen) atoms. The lowest BCUT2D eigenvalue weighted by molar-refractivity contribution is -0.176. The number of ether oxygens (including phenoxy) is 2. The van der Waals surface area contributed by atoms with Crippen LogP contribution in [-0.2, 0) is 23.1 Å². The van der Waals surface area contributed by atoms with Gasteiger partial charge in [0.25, 0.3) is 5.91 Å². The summed E-state index contributed by atoms with van der Waals surface area (Å²) in [4.78, 5) is 12.3. The summed E-state index contributed by atoms with van der Waals surface area (Å²) >= 11 is 0. The molecule has 3 rings (SSSR count). The predicted octanol–water partition coefficient (Wildman–Crippen LogP) is 2.33. The zero-order chi connectivity index (χ0) is 18.7. The molecule has 1 saturated heterocycles. The minimum atomic E-state index is -4.41. The fourth-order valence-electron chi connectivity index (χ4n) is 2.65. The van der Waals surface area contributed by atoms with E-state index in [4.69, 9.17) is 4.74 Å². The summed E-state index contributed by atoms with van der Waals surface area (Å²) in [7, 11) is 1.52. The summed E-state index contributed by atoms with van der Waals surface area (Å²) in [6.45, 7) is -1.02. The lowest BCUT2D eigenvalue weighted by atomic mass is 10.2. The minimum Gasteiger partial charge on any atom is -0.372 e. The molecule has 1 amide bonds. The topological polar surface area (TPSA) is 94.1 Å². The van der Waals surface area contributed by atoms with Crippen LogP contribution < -0.4 is 5.32 Å². The smallest absolute Gasteiger partial charge is 0.372 e. The third kappa shape index (κ3) is 4.61. The van der Waals surface area contributed by atoms with Crippen LogP contribution in [-0.4, -0.2) is 45.3 Å². The molecular weight excluding hydrogens is 355 g/mol. The molecule has 3 heterocycles. The van der Waals surface area contributed by atoms with E-state index < -0.39 is 18.7 Å². The number of carbonyl (C=O) groups excluding carboxylic acids is 1. The van der Waals surface area contributed by atoms with E-state index >= 15 is 0 Å². The van der Waals surface area contributed by atoms with E-state index in [-0.39, 0.29) is 24.1 Å². The first-order valence-corrected chi connectivity index (χ1v) is 7.97. The monoisotopic (exact) mass is 373 g/mol. The second kappa shape index (κ2) is 7.46. The van der Waals surface area contributed by atoms with Crippen molar-refractivity contribution in [2.24, 2.45) is 7.05 Å². The Balaban J connectivity index is 1.59. The van der Waals surface area contributed by atoms with Crippen molar-refractivity contribution in [3.63, 3.8) is 0 Å². The molecular formula is C15H18F3N5O3. The summed E-state index contributed by atoms with van der Waals surface area (Å²) in [6.07, 6.45) is -2.60. The number of alkyl halides is 3. The summed E-state index contributed by atoms with van der Waals surface area (Å²) < 4.78 is 47.6. The molecule has 0 radical (unpaired) electrons. The lowest BCUT2D eigenvalue weighted by Gasteiger charge is -2.05. The third-order valence-corrected chi connectivity index (χ3v) is 3.79. The van der Waals surface area contributed by atoms with Gasteiger partial charge in [-0.2, -0.15) is 23.4 Å².